The van der Waals surface area contributed by atoms with E-state index in [-0.39, 0.29) is 41.5 Å². The van der Waals surface area contributed by atoms with Crippen molar-refractivity contribution >= 4 is 27.7 Å². The SMILES string of the molecule is CC(C)NS(=O)(=O)c1ccc(C(=O)NCC(=O)NCC(=O)NC2CC2)cc1. The Morgan fingerprint density at radius 2 is 1.59 bits per heavy atom. The maximum Gasteiger partial charge on any atom is 0.251 e. The van der Waals surface area contributed by atoms with Gasteiger partial charge in [-0.25, -0.2) is 13.1 Å². The van der Waals surface area contributed by atoms with E-state index in [1.165, 1.54) is 24.3 Å². The molecule has 0 saturated heterocycles. The molecule has 0 unspecified atom stereocenters. The second kappa shape index (κ2) is 8.96. The van der Waals surface area contributed by atoms with Crippen molar-refractivity contribution in [3.63, 3.8) is 0 Å². The van der Waals surface area contributed by atoms with Crippen molar-refractivity contribution in [2.24, 2.45) is 0 Å². The molecule has 3 amide bonds. The quantitative estimate of drug-likeness (QED) is 0.446. The monoisotopic (exact) mass is 396 g/mol. The number of rotatable bonds is 9. The zero-order valence-corrected chi connectivity index (χ0v) is 16.1. The van der Waals surface area contributed by atoms with Gasteiger partial charge in [0.2, 0.25) is 21.8 Å². The van der Waals surface area contributed by atoms with Gasteiger partial charge in [-0.05, 0) is 51.0 Å². The predicted octanol–water partition coefficient (Wildman–Crippen LogP) is -0.502. The Morgan fingerprint density at radius 1 is 1.00 bits per heavy atom. The van der Waals surface area contributed by atoms with Crippen LogP contribution in [-0.4, -0.2) is 51.3 Å². The summed E-state index contributed by atoms with van der Waals surface area (Å²) in [5.74, 6) is -1.27. The Labute approximate surface area is 158 Å². The Kier molecular flexibility index (Phi) is 6.92. The maximum atomic E-state index is 12.0. The number of hydrogen-bond donors (Lipinski definition) is 4. The number of amides is 3. The molecular formula is C17H24N4O5S. The van der Waals surface area contributed by atoms with Crippen molar-refractivity contribution in [2.45, 2.75) is 43.7 Å². The van der Waals surface area contributed by atoms with Gasteiger partial charge in [0.15, 0.2) is 0 Å². The fourth-order valence-corrected chi connectivity index (χ4v) is 3.43. The van der Waals surface area contributed by atoms with E-state index in [4.69, 9.17) is 0 Å². The lowest BCUT2D eigenvalue weighted by Gasteiger charge is -2.10. The first-order valence-electron chi connectivity index (χ1n) is 8.64. The molecule has 0 spiro atoms. The summed E-state index contributed by atoms with van der Waals surface area (Å²) in [5.41, 5.74) is 0.220. The number of hydrogen-bond acceptors (Lipinski definition) is 5. The van der Waals surface area contributed by atoms with Crippen LogP contribution in [0, 0.1) is 0 Å². The summed E-state index contributed by atoms with van der Waals surface area (Å²) in [7, 11) is -3.63. The molecule has 0 heterocycles. The molecule has 0 aliphatic heterocycles. The summed E-state index contributed by atoms with van der Waals surface area (Å²) in [5, 5.41) is 7.57. The van der Waals surface area contributed by atoms with Crippen LogP contribution < -0.4 is 20.7 Å². The highest BCUT2D eigenvalue weighted by Gasteiger charge is 2.23. The van der Waals surface area contributed by atoms with Crippen molar-refractivity contribution in [1.82, 2.24) is 20.7 Å². The van der Waals surface area contributed by atoms with Crippen LogP contribution in [0.15, 0.2) is 29.2 Å². The summed E-state index contributed by atoms with van der Waals surface area (Å²) >= 11 is 0. The zero-order valence-electron chi connectivity index (χ0n) is 15.2. The molecule has 0 radical (unpaired) electrons. The van der Waals surface area contributed by atoms with Gasteiger partial charge in [-0.15, -0.1) is 0 Å². The normalized spacial score (nSPS) is 13.9. The smallest absolute Gasteiger partial charge is 0.251 e. The second-order valence-corrected chi connectivity index (χ2v) is 8.32. The Hall–Kier alpha value is -2.46. The minimum Gasteiger partial charge on any atom is -0.352 e. The highest BCUT2D eigenvalue weighted by Crippen LogP contribution is 2.18. The first-order chi connectivity index (χ1) is 12.7. The van der Waals surface area contributed by atoms with E-state index >= 15 is 0 Å². The van der Waals surface area contributed by atoms with Crippen LogP contribution >= 0.6 is 0 Å². The Morgan fingerprint density at radius 3 is 2.15 bits per heavy atom. The summed E-state index contributed by atoms with van der Waals surface area (Å²) < 4.78 is 26.5. The number of nitrogens with one attached hydrogen (secondary N) is 4. The highest BCUT2D eigenvalue weighted by atomic mass is 32.2. The molecule has 2 rings (SSSR count). The molecule has 10 heteroatoms. The lowest BCUT2D eigenvalue weighted by molar-refractivity contribution is -0.125. The van der Waals surface area contributed by atoms with Crippen molar-refractivity contribution < 1.29 is 22.8 Å². The molecule has 0 aromatic heterocycles. The molecule has 1 aliphatic carbocycles. The maximum absolute atomic E-state index is 12.0. The van der Waals surface area contributed by atoms with Crippen LogP contribution in [0.25, 0.3) is 0 Å². The lowest BCUT2D eigenvalue weighted by Crippen LogP contribution is -2.42. The number of carbonyl (C=O) groups excluding carboxylic acids is 3. The fourth-order valence-electron chi connectivity index (χ4n) is 2.17. The van der Waals surface area contributed by atoms with E-state index in [1.807, 2.05) is 0 Å². The summed E-state index contributed by atoms with van der Waals surface area (Å²) in [6, 6.07) is 5.35. The van der Waals surface area contributed by atoms with Crippen molar-refractivity contribution in [2.75, 3.05) is 13.1 Å². The van der Waals surface area contributed by atoms with E-state index in [0.717, 1.165) is 12.8 Å². The van der Waals surface area contributed by atoms with Gasteiger partial charge in [-0.1, -0.05) is 0 Å². The molecule has 27 heavy (non-hydrogen) atoms. The van der Waals surface area contributed by atoms with Crippen molar-refractivity contribution in [3.05, 3.63) is 29.8 Å². The molecule has 0 bridgehead atoms. The molecule has 1 aliphatic rings. The molecule has 1 aromatic rings. The second-order valence-electron chi connectivity index (χ2n) is 6.60. The summed E-state index contributed by atoms with van der Waals surface area (Å²) in [4.78, 5) is 35.2. The third-order valence-electron chi connectivity index (χ3n) is 3.62. The standard InChI is InChI=1S/C17H24N4O5S/c1-11(2)21-27(25,26)14-7-3-12(4-8-14)17(24)19-9-15(22)18-10-16(23)20-13-5-6-13/h3-4,7-8,11,13,21H,5-6,9-10H2,1-2H3,(H,18,22)(H,19,24)(H,20,23). The minimum absolute atomic E-state index is 0.0483. The minimum atomic E-state index is -3.63. The van der Waals surface area contributed by atoms with Gasteiger partial charge in [0, 0.05) is 17.6 Å². The molecule has 0 atom stereocenters. The topological polar surface area (TPSA) is 133 Å². The number of carbonyl (C=O) groups is 3. The first kappa shape index (κ1) is 20.8. The molecule has 1 aromatic carbocycles. The van der Waals surface area contributed by atoms with Gasteiger partial charge in [0.1, 0.15) is 0 Å². The van der Waals surface area contributed by atoms with E-state index in [9.17, 15) is 22.8 Å². The van der Waals surface area contributed by atoms with Crippen LogP contribution in [0.4, 0.5) is 0 Å². The summed E-state index contributed by atoms with van der Waals surface area (Å²) in [6.45, 7) is 2.99. The van der Waals surface area contributed by atoms with E-state index in [0.29, 0.717) is 0 Å². The molecule has 148 valence electrons. The van der Waals surface area contributed by atoms with Gasteiger partial charge in [-0.3, -0.25) is 14.4 Å². The number of sulfonamides is 1. The fraction of sp³-hybridized carbons (Fsp3) is 0.471. The third kappa shape index (κ3) is 6.99. The molecule has 1 fully saturated rings. The zero-order chi connectivity index (χ0) is 20.0. The largest absolute Gasteiger partial charge is 0.352 e. The molecular weight excluding hydrogens is 372 g/mol. The summed E-state index contributed by atoms with van der Waals surface area (Å²) in [6.07, 6.45) is 1.92. The van der Waals surface area contributed by atoms with E-state index < -0.39 is 21.8 Å². The third-order valence-corrected chi connectivity index (χ3v) is 5.29. The van der Waals surface area contributed by atoms with E-state index in [2.05, 4.69) is 20.7 Å². The van der Waals surface area contributed by atoms with Crippen LogP contribution in [0.2, 0.25) is 0 Å². The van der Waals surface area contributed by atoms with Gasteiger partial charge in [0.05, 0.1) is 18.0 Å². The number of benzene rings is 1. The van der Waals surface area contributed by atoms with Gasteiger partial charge in [-0.2, -0.15) is 0 Å². The van der Waals surface area contributed by atoms with Crippen LogP contribution in [-0.2, 0) is 19.6 Å². The van der Waals surface area contributed by atoms with Gasteiger partial charge in [0.25, 0.3) is 5.91 Å². The van der Waals surface area contributed by atoms with Crippen molar-refractivity contribution in [1.29, 1.82) is 0 Å². The van der Waals surface area contributed by atoms with Crippen LogP contribution in [0.5, 0.6) is 0 Å². The predicted molar refractivity (Wildman–Crippen MR) is 98.4 cm³/mol. The van der Waals surface area contributed by atoms with Crippen LogP contribution in [0.3, 0.4) is 0 Å². The van der Waals surface area contributed by atoms with Crippen LogP contribution in [0.1, 0.15) is 37.0 Å². The lowest BCUT2D eigenvalue weighted by atomic mass is 10.2. The van der Waals surface area contributed by atoms with Crippen molar-refractivity contribution in [3.8, 4) is 0 Å². The molecule has 1 saturated carbocycles. The van der Waals surface area contributed by atoms with Gasteiger partial charge < -0.3 is 16.0 Å². The highest BCUT2D eigenvalue weighted by molar-refractivity contribution is 7.89. The average molecular weight is 396 g/mol. The van der Waals surface area contributed by atoms with Gasteiger partial charge >= 0.3 is 0 Å². The molecule has 9 nitrogen and oxygen atoms in total. The Balaban J connectivity index is 1.79. The van der Waals surface area contributed by atoms with E-state index in [1.54, 1.807) is 13.8 Å². The molecule has 4 N–H and O–H groups in total. The first-order valence-corrected chi connectivity index (χ1v) is 10.1. The average Bonchev–Trinajstić information content (AvgIpc) is 3.40. The Bertz CT molecular complexity index is 801.